The molecule has 1 saturated carbocycles. The van der Waals surface area contributed by atoms with Crippen LogP contribution in [0.1, 0.15) is 67.1 Å². The number of amides is 1. The SMILES string of the molecule is COC(=O)c1ncc(N2CCN(CC3CCN(c4ccc(C(=O)N[C@H]5C(C)(C)[C@H](Oc6ccc(C#N)c(OC)c6)C5(C)C)cc4)CC3)CC2)cn1. The number of benzene rings is 2. The van der Waals surface area contributed by atoms with E-state index >= 15 is 0 Å². The van der Waals surface area contributed by atoms with Gasteiger partial charge < -0.3 is 29.3 Å². The van der Waals surface area contributed by atoms with Gasteiger partial charge in [0.15, 0.2) is 0 Å². The minimum Gasteiger partial charge on any atom is -0.495 e. The van der Waals surface area contributed by atoms with Crippen molar-refractivity contribution >= 4 is 23.3 Å². The van der Waals surface area contributed by atoms with Gasteiger partial charge in [0, 0.05) is 80.0 Å². The van der Waals surface area contributed by atoms with E-state index in [1.165, 1.54) is 7.11 Å². The van der Waals surface area contributed by atoms with Gasteiger partial charge in [-0.2, -0.15) is 5.26 Å². The van der Waals surface area contributed by atoms with E-state index in [0.717, 1.165) is 70.0 Å². The first-order valence-corrected chi connectivity index (χ1v) is 17.7. The molecule has 0 bridgehead atoms. The van der Waals surface area contributed by atoms with Crippen LogP contribution in [-0.2, 0) is 4.74 Å². The Morgan fingerprint density at radius 1 is 0.882 bits per heavy atom. The van der Waals surface area contributed by atoms with Crippen LogP contribution in [-0.4, -0.2) is 98.9 Å². The molecule has 0 radical (unpaired) electrons. The third-order valence-corrected chi connectivity index (χ3v) is 11.0. The maximum Gasteiger partial charge on any atom is 0.376 e. The van der Waals surface area contributed by atoms with E-state index in [1.807, 2.05) is 12.1 Å². The number of piperazine rings is 1. The van der Waals surface area contributed by atoms with Gasteiger partial charge in [-0.05, 0) is 55.2 Å². The van der Waals surface area contributed by atoms with Crippen LogP contribution in [0.15, 0.2) is 54.9 Å². The molecule has 0 atom stereocenters. The van der Waals surface area contributed by atoms with Gasteiger partial charge in [-0.15, -0.1) is 0 Å². The number of aromatic nitrogens is 2. The van der Waals surface area contributed by atoms with Gasteiger partial charge in [-0.3, -0.25) is 9.69 Å². The molecule has 12 nitrogen and oxygen atoms in total. The molecule has 270 valence electrons. The standard InChI is InChI=1S/C39H49N7O5/c1-38(2)36(39(3,4)37(38)51-31-12-9-28(22-40)32(21-31)49-5)43-34(47)27-7-10-29(11-8-27)45-15-13-26(14-16-45)25-44-17-19-46(20-18-44)30-23-41-33(42-24-30)35(48)50-6/h7-12,21,23-24,26,36-37H,13-20,25H2,1-6H3,(H,43,47)/t36-,37-. The number of esters is 1. The number of nitrogens with zero attached hydrogens (tertiary/aromatic N) is 6. The Kier molecular flexibility index (Phi) is 10.4. The van der Waals surface area contributed by atoms with E-state index in [4.69, 9.17) is 14.2 Å². The van der Waals surface area contributed by atoms with Gasteiger partial charge >= 0.3 is 5.97 Å². The zero-order chi connectivity index (χ0) is 36.3. The molecule has 3 aromatic rings. The molecule has 1 N–H and O–H groups in total. The van der Waals surface area contributed by atoms with Crippen LogP contribution in [0.4, 0.5) is 11.4 Å². The lowest BCUT2D eigenvalue weighted by molar-refractivity contribution is -0.164. The smallest absolute Gasteiger partial charge is 0.376 e. The van der Waals surface area contributed by atoms with Gasteiger partial charge in [0.05, 0.1) is 37.9 Å². The Hall–Kier alpha value is -4.89. The van der Waals surface area contributed by atoms with Gasteiger partial charge in [-0.25, -0.2) is 14.8 Å². The number of ether oxygens (including phenoxy) is 3. The number of hydrogen-bond donors (Lipinski definition) is 1. The molecule has 3 aliphatic rings. The third-order valence-electron chi connectivity index (χ3n) is 11.0. The van der Waals surface area contributed by atoms with Crippen LogP contribution >= 0.6 is 0 Å². The molecule has 1 aliphatic carbocycles. The second-order valence-corrected chi connectivity index (χ2v) is 15.0. The van der Waals surface area contributed by atoms with Crippen LogP contribution in [0.2, 0.25) is 0 Å². The molecular weight excluding hydrogens is 646 g/mol. The van der Waals surface area contributed by atoms with Crippen molar-refractivity contribution in [2.45, 2.75) is 52.7 Å². The molecular formula is C39H49N7O5. The zero-order valence-corrected chi connectivity index (χ0v) is 30.5. The fourth-order valence-corrected chi connectivity index (χ4v) is 8.42. The Labute approximate surface area is 300 Å². The highest BCUT2D eigenvalue weighted by Gasteiger charge is 2.64. The monoisotopic (exact) mass is 695 g/mol. The van der Waals surface area contributed by atoms with E-state index < -0.39 is 5.97 Å². The van der Waals surface area contributed by atoms with Crippen LogP contribution in [0.25, 0.3) is 0 Å². The summed E-state index contributed by atoms with van der Waals surface area (Å²) in [5.74, 6) is 1.23. The Morgan fingerprint density at radius 2 is 1.51 bits per heavy atom. The predicted molar refractivity (Wildman–Crippen MR) is 194 cm³/mol. The summed E-state index contributed by atoms with van der Waals surface area (Å²) in [5.41, 5.74) is 2.52. The van der Waals surface area contributed by atoms with Crippen LogP contribution in [0.3, 0.4) is 0 Å². The molecule has 2 saturated heterocycles. The summed E-state index contributed by atoms with van der Waals surface area (Å²) in [5, 5.41) is 12.6. The molecule has 2 aliphatic heterocycles. The minimum atomic E-state index is -0.527. The summed E-state index contributed by atoms with van der Waals surface area (Å²) in [6.07, 6.45) is 5.51. The van der Waals surface area contributed by atoms with Crippen LogP contribution in [0.5, 0.6) is 11.5 Å². The van der Waals surface area contributed by atoms with E-state index in [-0.39, 0.29) is 34.7 Å². The average Bonchev–Trinajstić information content (AvgIpc) is 3.16. The minimum absolute atomic E-state index is 0.0786. The Balaban J connectivity index is 0.957. The predicted octanol–water partition coefficient (Wildman–Crippen LogP) is 4.79. The Morgan fingerprint density at radius 3 is 2.10 bits per heavy atom. The summed E-state index contributed by atoms with van der Waals surface area (Å²) in [6.45, 7) is 15.3. The van der Waals surface area contributed by atoms with Crippen molar-refractivity contribution < 1.29 is 23.8 Å². The lowest BCUT2D eigenvalue weighted by Gasteiger charge is -2.63. The quantitative estimate of drug-likeness (QED) is 0.294. The molecule has 12 heteroatoms. The molecule has 1 amide bonds. The third kappa shape index (κ3) is 7.45. The molecule has 1 aromatic heterocycles. The molecule has 6 rings (SSSR count). The molecule has 0 spiro atoms. The van der Waals surface area contributed by atoms with Crippen molar-refractivity contribution in [3.05, 3.63) is 71.8 Å². The van der Waals surface area contributed by atoms with Gasteiger partial charge in [0.1, 0.15) is 23.7 Å². The summed E-state index contributed by atoms with van der Waals surface area (Å²) in [6, 6.07) is 15.3. The van der Waals surface area contributed by atoms with E-state index in [0.29, 0.717) is 28.5 Å². The fourth-order valence-electron chi connectivity index (χ4n) is 8.42. The highest BCUT2D eigenvalue weighted by Crippen LogP contribution is 2.55. The number of carbonyl (C=O) groups excluding carboxylic acids is 2. The molecule has 0 unspecified atom stereocenters. The number of anilines is 2. The number of methoxy groups -OCH3 is 2. The second-order valence-electron chi connectivity index (χ2n) is 15.0. The van der Waals surface area contributed by atoms with Crippen molar-refractivity contribution in [3.8, 4) is 17.6 Å². The number of piperidine rings is 1. The summed E-state index contributed by atoms with van der Waals surface area (Å²) in [7, 11) is 2.87. The first kappa shape index (κ1) is 35.9. The van der Waals surface area contributed by atoms with Crippen molar-refractivity contribution in [3.63, 3.8) is 0 Å². The van der Waals surface area contributed by atoms with Crippen molar-refractivity contribution in [2.75, 3.05) is 69.8 Å². The first-order valence-electron chi connectivity index (χ1n) is 17.7. The topological polar surface area (TPSA) is 133 Å². The van der Waals surface area contributed by atoms with Gasteiger partial charge in [0.2, 0.25) is 5.82 Å². The number of rotatable bonds is 10. The Bertz CT molecular complexity index is 1720. The van der Waals surface area contributed by atoms with E-state index in [2.05, 4.69) is 75.9 Å². The molecule has 3 fully saturated rings. The van der Waals surface area contributed by atoms with E-state index in [9.17, 15) is 14.9 Å². The zero-order valence-electron chi connectivity index (χ0n) is 30.5. The lowest BCUT2D eigenvalue weighted by atomic mass is 9.49. The van der Waals surface area contributed by atoms with Crippen LogP contribution in [0, 0.1) is 28.1 Å². The number of nitrogens with one attached hydrogen (secondary N) is 1. The van der Waals surface area contributed by atoms with Crippen molar-refractivity contribution in [1.82, 2.24) is 20.2 Å². The van der Waals surface area contributed by atoms with Gasteiger partial charge in [-0.1, -0.05) is 27.7 Å². The highest BCUT2D eigenvalue weighted by atomic mass is 16.5. The fraction of sp³-hybridized carbons (Fsp3) is 0.513. The number of carbonyl (C=O) groups is 2. The summed E-state index contributed by atoms with van der Waals surface area (Å²) in [4.78, 5) is 40.6. The molecule has 51 heavy (non-hydrogen) atoms. The van der Waals surface area contributed by atoms with Crippen LogP contribution < -0.4 is 24.6 Å². The summed E-state index contributed by atoms with van der Waals surface area (Å²) < 4.78 is 16.5. The second kappa shape index (κ2) is 14.8. The van der Waals surface area contributed by atoms with Gasteiger partial charge in [0.25, 0.3) is 5.91 Å². The van der Waals surface area contributed by atoms with E-state index in [1.54, 1.807) is 37.7 Å². The van der Waals surface area contributed by atoms with Crippen molar-refractivity contribution in [1.29, 1.82) is 5.26 Å². The molecule has 2 aromatic carbocycles. The maximum absolute atomic E-state index is 13.5. The first-order chi connectivity index (χ1) is 24.4. The average molecular weight is 696 g/mol. The normalized spacial score (nSPS) is 21.6. The largest absolute Gasteiger partial charge is 0.495 e. The van der Waals surface area contributed by atoms with Crippen molar-refractivity contribution in [2.24, 2.45) is 16.7 Å². The number of hydrogen-bond acceptors (Lipinski definition) is 11. The molecule has 3 heterocycles. The number of nitriles is 1. The highest BCUT2D eigenvalue weighted by molar-refractivity contribution is 5.95. The summed E-state index contributed by atoms with van der Waals surface area (Å²) >= 11 is 0. The maximum atomic E-state index is 13.5. The lowest BCUT2D eigenvalue weighted by Crippen LogP contribution is -2.74.